The molecule has 0 unspecified atom stereocenters. The second-order valence-corrected chi connectivity index (χ2v) is 10.9. The van der Waals surface area contributed by atoms with Gasteiger partial charge in [-0.1, -0.05) is 11.6 Å². The number of rotatable bonds is 7. The fourth-order valence-electron chi connectivity index (χ4n) is 3.90. The number of carbonyl (C=O) groups is 2. The van der Waals surface area contributed by atoms with E-state index >= 15 is 0 Å². The third-order valence-corrected chi connectivity index (χ3v) is 5.98. The number of hydrogen-bond acceptors (Lipinski definition) is 8. The lowest BCUT2D eigenvalue weighted by Gasteiger charge is -2.32. The molecule has 2 amide bonds. The quantitative estimate of drug-likeness (QED) is 0.372. The van der Waals surface area contributed by atoms with E-state index in [9.17, 15) is 14.0 Å². The topological polar surface area (TPSA) is 109 Å². The summed E-state index contributed by atoms with van der Waals surface area (Å²) in [6.07, 6.45) is 2.76. The number of fused-ring (bicyclic) bond motifs is 1. The fourth-order valence-corrected chi connectivity index (χ4v) is 4.07. The van der Waals surface area contributed by atoms with Crippen LogP contribution < -0.4 is 20.3 Å². The van der Waals surface area contributed by atoms with E-state index in [4.69, 9.17) is 21.1 Å². The monoisotopic (exact) mass is 570 g/mol. The molecule has 212 valence electrons. The summed E-state index contributed by atoms with van der Waals surface area (Å²) in [5.74, 6) is -0.299. The van der Waals surface area contributed by atoms with E-state index in [0.29, 0.717) is 28.6 Å². The number of anilines is 4. The third-order valence-electron chi connectivity index (χ3n) is 5.74. The van der Waals surface area contributed by atoms with Gasteiger partial charge in [-0.05, 0) is 65.2 Å². The SMILES string of the molecule is CN(C)CCC(=O)Nc1cnccc1Nc1cc(-c2cc(Cl)ccc2F)nc2c1OCCN2C(=O)OC(C)(C)C. The van der Waals surface area contributed by atoms with Crippen LogP contribution in [-0.2, 0) is 9.53 Å². The van der Waals surface area contributed by atoms with Crippen LogP contribution in [0.5, 0.6) is 5.75 Å². The molecule has 0 bridgehead atoms. The van der Waals surface area contributed by atoms with Gasteiger partial charge in [0.15, 0.2) is 11.6 Å². The van der Waals surface area contributed by atoms with E-state index in [0.717, 1.165) is 0 Å². The molecule has 2 aromatic heterocycles. The molecule has 3 heterocycles. The van der Waals surface area contributed by atoms with Gasteiger partial charge in [0.2, 0.25) is 5.91 Å². The zero-order chi connectivity index (χ0) is 29.0. The Morgan fingerprint density at radius 1 is 1.18 bits per heavy atom. The Balaban J connectivity index is 1.78. The molecule has 0 saturated heterocycles. The molecule has 0 radical (unpaired) electrons. The Bertz CT molecular complexity index is 1410. The van der Waals surface area contributed by atoms with Crippen LogP contribution in [0, 0.1) is 5.82 Å². The van der Waals surface area contributed by atoms with Gasteiger partial charge in [-0.15, -0.1) is 0 Å². The van der Waals surface area contributed by atoms with Crippen molar-refractivity contribution in [3.8, 4) is 17.0 Å². The smallest absolute Gasteiger partial charge is 0.416 e. The zero-order valence-electron chi connectivity index (χ0n) is 23.0. The van der Waals surface area contributed by atoms with Gasteiger partial charge in [-0.2, -0.15) is 0 Å². The first kappa shape index (κ1) is 29.0. The molecule has 2 N–H and O–H groups in total. The van der Waals surface area contributed by atoms with Gasteiger partial charge in [0, 0.05) is 29.7 Å². The number of amides is 2. The van der Waals surface area contributed by atoms with E-state index in [2.05, 4.69) is 20.6 Å². The fraction of sp³-hybridized carbons (Fsp3) is 0.357. The largest absolute Gasteiger partial charge is 0.486 e. The summed E-state index contributed by atoms with van der Waals surface area (Å²) in [7, 11) is 3.77. The van der Waals surface area contributed by atoms with Gasteiger partial charge < -0.3 is 25.0 Å². The first-order valence-corrected chi connectivity index (χ1v) is 13.1. The number of halogens is 2. The van der Waals surface area contributed by atoms with E-state index in [1.165, 1.54) is 29.3 Å². The highest BCUT2D eigenvalue weighted by Crippen LogP contribution is 2.43. The van der Waals surface area contributed by atoms with Crippen molar-refractivity contribution in [1.82, 2.24) is 14.9 Å². The molecule has 0 atom stereocenters. The first-order chi connectivity index (χ1) is 18.9. The van der Waals surface area contributed by atoms with Crippen molar-refractivity contribution in [2.75, 3.05) is 49.3 Å². The first-order valence-electron chi connectivity index (χ1n) is 12.7. The average Bonchev–Trinajstić information content (AvgIpc) is 2.88. The van der Waals surface area contributed by atoms with Gasteiger partial charge in [-0.25, -0.2) is 14.2 Å². The average molecular weight is 571 g/mol. The summed E-state index contributed by atoms with van der Waals surface area (Å²) in [5, 5.41) is 6.45. The molecule has 3 aromatic rings. The molecule has 0 saturated carbocycles. The molecule has 1 aromatic carbocycles. The Kier molecular flexibility index (Phi) is 8.75. The second-order valence-electron chi connectivity index (χ2n) is 10.5. The normalized spacial score (nSPS) is 12.9. The zero-order valence-corrected chi connectivity index (χ0v) is 23.8. The van der Waals surface area contributed by atoms with E-state index in [-0.39, 0.29) is 48.3 Å². The molecule has 12 heteroatoms. The lowest BCUT2D eigenvalue weighted by Crippen LogP contribution is -2.42. The number of aromatic nitrogens is 2. The number of carbonyl (C=O) groups excluding carboxylic acids is 2. The number of nitrogens with zero attached hydrogens (tertiary/aromatic N) is 4. The van der Waals surface area contributed by atoms with E-state index in [1.54, 1.807) is 39.1 Å². The predicted molar refractivity (Wildman–Crippen MR) is 153 cm³/mol. The van der Waals surface area contributed by atoms with Crippen molar-refractivity contribution in [3.63, 3.8) is 0 Å². The number of pyridine rings is 2. The van der Waals surface area contributed by atoms with E-state index < -0.39 is 17.5 Å². The summed E-state index contributed by atoms with van der Waals surface area (Å²) in [6.45, 7) is 6.23. The van der Waals surface area contributed by atoms with Crippen molar-refractivity contribution in [3.05, 3.63) is 53.6 Å². The van der Waals surface area contributed by atoms with Crippen LogP contribution in [0.4, 0.5) is 32.1 Å². The Morgan fingerprint density at radius 3 is 2.67 bits per heavy atom. The van der Waals surface area contributed by atoms with Crippen LogP contribution in [-0.4, -0.2) is 66.3 Å². The highest BCUT2D eigenvalue weighted by Gasteiger charge is 2.32. The highest BCUT2D eigenvalue weighted by molar-refractivity contribution is 6.30. The minimum absolute atomic E-state index is 0.139. The van der Waals surface area contributed by atoms with Crippen molar-refractivity contribution in [1.29, 1.82) is 0 Å². The third kappa shape index (κ3) is 7.16. The second kappa shape index (κ2) is 12.1. The maximum atomic E-state index is 14.9. The maximum absolute atomic E-state index is 14.9. The van der Waals surface area contributed by atoms with Gasteiger partial charge in [-0.3, -0.25) is 14.7 Å². The minimum atomic E-state index is -0.746. The van der Waals surface area contributed by atoms with Crippen molar-refractivity contribution < 1.29 is 23.5 Å². The molecule has 0 aliphatic carbocycles. The summed E-state index contributed by atoms with van der Waals surface area (Å²) < 4.78 is 26.5. The molecule has 1 aliphatic rings. The lowest BCUT2D eigenvalue weighted by molar-refractivity contribution is -0.116. The predicted octanol–water partition coefficient (Wildman–Crippen LogP) is 5.70. The summed E-state index contributed by atoms with van der Waals surface area (Å²) in [6, 6.07) is 7.43. The minimum Gasteiger partial charge on any atom is -0.486 e. The highest BCUT2D eigenvalue weighted by atomic mass is 35.5. The van der Waals surface area contributed by atoms with Crippen LogP contribution in [0.25, 0.3) is 11.3 Å². The van der Waals surface area contributed by atoms with Crippen molar-refractivity contribution >= 4 is 46.5 Å². The van der Waals surface area contributed by atoms with Gasteiger partial charge in [0.05, 0.1) is 35.5 Å². The Hall–Kier alpha value is -3.96. The molecule has 0 fully saturated rings. The van der Waals surface area contributed by atoms with Crippen molar-refractivity contribution in [2.45, 2.75) is 32.8 Å². The number of nitrogens with one attached hydrogen (secondary N) is 2. The molecule has 4 rings (SSSR count). The van der Waals surface area contributed by atoms with Gasteiger partial charge in [0.1, 0.15) is 18.0 Å². The molecule has 0 spiro atoms. The van der Waals surface area contributed by atoms with Crippen LogP contribution in [0.2, 0.25) is 5.02 Å². The van der Waals surface area contributed by atoms with Crippen molar-refractivity contribution in [2.24, 2.45) is 0 Å². The summed E-state index contributed by atoms with van der Waals surface area (Å²) in [4.78, 5) is 37.7. The Labute approximate surface area is 237 Å². The molecular weight excluding hydrogens is 539 g/mol. The maximum Gasteiger partial charge on any atom is 0.416 e. The number of hydrogen-bond donors (Lipinski definition) is 2. The van der Waals surface area contributed by atoms with Crippen LogP contribution >= 0.6 is 11.6 Å². The molecule has 10 nitrogen and oxygen atoms in total. The van der Waals surface area contributed by atoms with Gasteiger partial charge >= 0.3 is 6.09 Å². The number of ether oxygens (including phenoxy) is 2. The van der Waals surface area contributed by atoms with Crippen LogP contribution in [0.3, 0.4) is 0 Å². The summed E-state index contributed by atoms with van der Waals surface area (Å²) in [5.41, 5.74) is 0.946. The molecule has 1 aliphatic heterocycles. The molecule has 40 heavy (non-hydrogen) atoms. The standard InChI is InChI=1S/C28H32ClFN6O4/c1-28(2,3)40-27(38)36-12-13-39-25-22(15-21(34-26(25)36)18-14-17(29)6-7-19(18)30)32-20-8-10-31-16-23(20)33-24(37)9-11-35(4)5/h6-8,10,14-16H,9,11-13H2,1-5H3,(H,33,37)(H,31,32,34). The lowest BCUT2D eigenvalue weighted by atomic mass is 10.1. The number of benzene rings is 1. The van der Waals surface area contributed by atoms with Crippen LogP contribution in [0.1, 0.15) is 27.2 Å². The Morgan fingerprint density at radius 2 is 1.95 bits per heavy atom. The van der Waals surface area contributed by atoms with Crippen LogP contribution in [0.15, 0.2) is 42.7 Å². The molecular formula is C28H32ClFN6O4. The summed E-state index contributed by atoms with van der Waals surface area (Å²) >= 11 is 6.18. The van der Waals surface area contributed by atoms with Gasteiger partial charge in [0.25, 0.3) is 0 Å². The van der Waals surface area contributed by atoms with E-state index in [1.807, 2.05) is 19.0 Å².